The van der Waals surface area contributed by atoms with E-state index in [-0.39, 0.29) is 0 Å². The van der Waals surface area contributed by atoms with Gasteiger partial charge in [0.25, 0.3) is 0 Å². The molecule has 0 aliphatic carbocycles. The van der Waals surface area contributed by atoms with Gasteiger partial charge in [-0.3, -0.25) is 0 Å². The molecule has 2 atom stereocenters. The first-order chi connectivity index (χ1) is 7.22. The lowest BCUT2D eigenvalue weighted by Gasteiger charge is -2.24. The summed E-state index contributed by atoms with van der Waals surface area (Å²) in [4.78, 5) is 10.9. The van der Waals surface area contributed by atoms with Crippen LogP contribution >= 0.6 is 34.2 Å². The molecule has 0 saturated carbocycles. The molecule has 0 amide bonds. The minimum atomic E-state index is 0.381. The smallest absolute Gasteiger partial charge is 0.225 e. The third-order valence-corrected chi connectivity index (χ3v) is 3.78. The van der Waals surface area contributed by atoms with Crippen LogP contribution in [0.5, 0.6) is 0 Å². The zero-order valence-electron chi connectivity index (χ0n) is 8.53. The summed E-state index contributed by atoms with van der Waals surface area (Å²) < 4.78 is 1.06. The van der Waals surface area contributed by atoms with Crippen molar-refractivity contribution in [2.45, 2.75) is 19.4 Å². The summed E-state index contributed by atoms with van der Waals surface area (Å²) >= 11 is 8.19. The van der Waals surface area contributed by atoms with E-state index in [4.69, 9.17) is 11.6 Å². The predicted octanol–water partition coefficient (Wildman–Crippen LogP) is 2.53. The van der Waals surface area contributed by atoms with Crippen molar-refractivity contribution in [3.63, 3.8) is 0 Å². The van der Waals surface area contributed by atoms with E-state index in [9.17, 15) is 0 Å². The van der Waals surface area contributed by atoms with Crippen LogP contribution < -0.4 is 4.90 Å². The van der Waals surface area contributed by atoms with Crippen molar-refractivity contribution < 1.29 is 0 Å². The third-order valence-electron chi connectivity index (χ3n) is 2.90. The van der Waals surface area contributed by atoms with Crippen LogP contribution in [-0.4, -0.2) is 28.4 Å². The Kier molecular flexibility index (Phi) is 3.66. The van der Waals surface area contributed by atoms with Crippen molar-refractivity contribution in [2.24, 2.45) is 5.92 Å². The average Bonchev–Trinajstić information content (AvgIpc) is 2.61. The Morgan fingerprint density at radius 1 is 1.53 bits per heavy atom. The van der Waals surface area contributed by atoms with Gasteiger partial charge >= 0.3 is 0 Å². The van der Waals surface area contributed by atoms with Crippen LogP contribution in [0.15, 0.2) is 12.4 Å². The van der Waals surface area contributed by atoms with Gasteiger partial charge in [-0.15, -0.1) is 11.6 Å². The van der Waals surface area contributed by atoms with Crippen LogP contribution in [0.4, 0.5) is 5.95 Å². The molecule has 0 N–H and O–H groups in total. The lowest BCUT2D eigenvalue weighted by atomic mass is 10.1. The van der Waals surface area contributed by atoms with Gasteiger partial charge in [0.05, 0.1) is 0 Å². The molecule has 1 aromatic heterocycles. The Labute approximate surface area is 108 Å². The van der Waals surface area contributed by atoms with E-state index < -0.39 is 0 Å². The molecular weight excluding hydrogens is 324 g/mol. The van der Waals surface area contributed by atoms with Gasteiger partial charge in [-0.1, -0.05) is 6.92 Å². The maximum Gasteiger partial charge on any atom is 0.225 e. The summed E-state index contributed by atoms with van der Waals surface area (Å²) in [6.07, 6.45) is 4.86. The monoisotopic (exact) mass is 337 g/mol. The molecule has 2 rings (SSSR count). The SMILES string of the molecule is CC1CCN(c2ncc(I)cn2)C1CCl. The van der Waals surface area contributed by atoms with E-state index in [1.54, 1.807) is 0 Å². The molecule has 0 spiro atoms. The van der Waals surface area contributed by atoms with Gasteiger partial charge in [-0.2, -0.15) is 0 Å². The van der Waals surface area contributed by atoms with E-state index in [1.807, 2.05) is 12.4 Å². The molecule has 1 aliphatic rings. The number of rotatable bonds is 2. The highest BCUT2D eigenvalue weighted by Crippen LogP contribution is 2.27. The van der Waals surface area contributed by atoms with Crippen molar-refractivity contribution in [1.82, 2.24) is 9.97 Å². The molecule has 82 valence electrons. The molecule has 15 heavy (non-hydrogen) atoms. The van der Waals surface area contributed by atoms with E-state index in [0.29, 0.717) is 17.8 Å². The Morgan fingerprint density at radius 3 is 2.80 bits per heavy atom. The number of hydrogen-bond donors (Lipinski definition) is 0. The van der Waals surface area contributed by atoms with Crippen LogP contribution in [0.1, 0.15) is 13.3 Å². The van der Waals surface area contributed by atoms with E-state index in [1.165, 1.54) is 6.42 Å². The fourth-order valence-electron chi connectivity index (χ4n) is 1.95. The second-order valence-corrected chi connectivity index (χ2v) is 5.44. The lowest BCUT2D eigenvalue weighted by molar-refractivity contribution is 0.546. The Morgan fingerprint density at radius 2 is 2.20 bits per heavy atom. The van der Waals surface area contributed by atoms with Gasteiger partial charge in [-0.25, -0.2) is 9.97 Å². The van der Waals surface area contributed by atoms with Crippen LogP contribution in [0, 0.1) is 9.49 Å². The summed E-state index contributed by atoms with van der Waals surface area (Å²) in [5.41, 5.74) is 0. The van der Waals surface area contributed by atoms with Crippen molar-refractivity contribution in [2.75, 3.05) is 17.3 Å². The quantitative estimate of drug-likeness (QED) is 0.613. The van der Waals surface area contributed by atoms with Crippen LogP contribution in [-0.2, 0) is 0 Å². The molecule has 0 radical (unpaired) electrons. The number of anilines is 1. The molecule has 0 aromatic carbocycles. The largest absolute Gasteiger partial charge is 0.336 e. The fourth-order valence-corrected chi connectivity index (χ4v) is 2.69. The maximum absolute atomic E-state index is 5.98. The molecule has 2 unspecified atom stereocenters. The van der Waals surface area contributed by atoms with Crippen LogP contribution in [0.25, 0.3) is 0 Å². The van der Waals surface area contributed by atoms with Crippen molar-refractivity contribution >= 4 is 40.1 Å². The highest BCUT2D eigenvalue weighted by atomic mass is 127. The number of aromatic nitrogens is 2. The molecule has 5 heteroatoms. The third kappa shape index (κ3) is 2.36. The summed E-state index contributed by atoms with van der Waals surface area (Å²) in [5.74, 6) is 2.09. The first-order valence-corrected chi connectivity index (χ1v) is 6.64. The average molecular weight is 338 g/mol. The van der Waals surface area contributed by atoms with E-state index >= 15 is 0 Å². The Bertz CT molecular complexity index is 330. The van der Waals surface area contributed by atoms with Gasteiger partial charge < -0.3 is 4.90 Å². The first kappa shape index (κ1) is 11.4. The number of hydrogen-bond acceptors (Lipinski definition) is 3. The van der Waals surface area contributed by atoms with Gasteiger partial charge in [0.15, 0.2) is 0 Å². The molecule has 2 heterocycles. The van der Waals surface area contributed by atoms with Gasteiger partial charge in [0.2, 0.25) is 5.95 Å². The minimum Gasteiger partial charge on any atom is -0.336 e. The molecular formula is C10H13ClIN3. The molecule has 1 saturated heterocycles. The van der Waals surface area contributed by atoms with E-state index in [2.05, 4.69) is 44.4 Å². The van der Waals surface area contributed by atoms with Crippen LogP contribution in [0.3, 0.4) is 0 Å². The molecule has 1 fully saturated rings. The molecule has 1 aliphatic heterocycles. The lowest BCUT2D eigenvalue weighted by Crippen LogP contribution is -2.34. The maximum atomic E-state index is 5.98. The van der Waals surface area contributed by atoms with Crippen LogP contribution in [0.2, 0.25) is 0 Å². The Hall–Kier alpha value is -0.100. The zero-order valence-corrected chi connectivity index (χ0v) is 11.4. The number of alkyl halides is 1. The molecule has 0 bridgehead atoms. The fraction of sp³-hybridized carbons (Fsp3) is 0.600. The summed E-state index contributed by atoms with van der Waals surface area (Å²) in [5, 5.41) is 0. The van der Waals surface area contributed by atoms with Gasteiger partial charge in [0, 0.05) is 34.4 Å². The molecule has 3 nitrogen and oxygen atoms in total. The second-order valence-electron chi connectivity index (χ2n) is 3.88. The Balaban J connectivity index is 2.20. The number of nitrogens with zero attached hydrogens (tertiary/aromatic N) is 3. The topological polar surface area (TPSA) is 29.0 Å². The number of halogens is 2. The summed E-state index contributed by atoms with van der Waals surface area (Å²) in [6, 6.07) is 0.381. The minimum absolute atomic E-state index is 0.381. The van der Waals surface area contributed by atoms with Gasteiger partial charge in [0.1, 0.15) is 0 Å². The zero-order chi connectivity index (χ0) is 10.8. The van der Waals surface area contributed by atoms with Crippen molar-refractivity contribution in [3.8, 4) is 0 Å². The summed E-state index contributed by atoms with van der Waals surface area (Å²) in [7, 11) is 0. The highest BCUT2D eigenvalue weighted by molar-refractivity contribution is 14.1. The highest BCUT2D eigenvalue weighted by Gasteiger charge is 2.31. The van der Waals surface area contributed by atoms with E-state index in [0.717, 1.165) is 16.1 Å². The second kappa shape index (κ2) is 4.82. The predicted molar refractivity (Wildman–Crippen MR) is 70.4 cm³/mol. The first-order valence-electron chi connectivity index (χ1n) is 5.02. The van der Waals surface area contributed by atoms with Crippen molar-refractivity contribution in [3.05, 3.63) is 16.0 Å². The van der Waals surface area contributed by atoms with Crippen molar-refractivity contribution in [1.29, 1.82) is 0 Å². The summed E-state index contributed by atoms with van der Waals surface area (Å²) in [6.45, 7) is 3.25. The normalized spacial score (nSPS) is 25.9. The standard InChI is InChI=1S/C10H13ClIN3/c1-7-2-3-15(9(7)4-11)10-13-5-8(12)6-14-10/h5-7,9H,2-4H2,1H3. The van der Waals surface area contributed by atoms with Gasteiger partial charge in [-0.05, 0) is 34.9 Å². The molecule has 1 aromatic rings.